The number of piperidine rings is 1. The van der Waals surface area contributed by atoms with Crippen LogP contribution in [-0.2, 0) is 11.2 Å². The summed E-state index contributed by atoms with van der Waals surface area (Å²) in [6, 6.07) is 12.7. The third-order valence-electron chi connectivity index (χ3n) is 6.28. The van der Waals surface area contributed by atoms with E-state index in [1.54, 1.807) is 18.3 Å². The maximum atomic E-state index is 13.4. The molecule has 2 aromatic rings. The van der Waals surface area contributed by atoms with Crippen LogP contribution < -0.4 is 10.6 Å². The molecule has 3 heterocycles. The molecule has 2 N–H and O–H groups in total. The lowest BCUT2D eigenvalue weighted by molar-refractivity contribution is -0.135. The van der Waals surface area contributed by atoms with Crippen molar-refractivity contribution in [1.82, 2.24) is 20.5 Å². The number of nitrogens with one attached hydrogen (secondary N) is 2. The zero-order valence-corrected chi connectivity index (χ0v) is 19.1. The summed E-state index contributed by atoms with van der Waals surface area (Å²) in [5.74, 6) is -0.257. The number of likely N-dealkylation sites (tertiary alicyclic amines) is 1. The van der Waals surface area contributed by atoms with Gasteiger partial charge in [0.1, 0.15) is 6.04 Å². The van der Waals surface area contributed by atoms with Crippen molar-refractivity contribution in [2.24, 2.45) is 5.41 Å². The van der Waals surface area contributed by atoms with Gasteiger partial charge >= 0.3 is 0 Å². The Hall–Kier alpha value is -2.15. The van der Waals surface area contributed by atoms with Crippen molar-refractivity contribution < 1.29 is 9.59 Å². The third kappa shape index (κ3) is 6.19. The molecule has 0 radical (unpaired) electrons. The van der Waals surface area contributed by atoms with E-state index in [2.05, 4.69) is 15.6 Å². The minimum Gasteiger partial charge on any atom is -0.341 e. The Labute approximate surface area is 196 Å². The lowest BCUT2D eigenvalue weighted by atomic mass is 9.77. The maximum absolute atomic E-state index is 13.4. The molecule has 2 saturated heterocycles. The smallest absolute Gasteiger partial charge is 0.253 e. The molecule has 2 amide bonds. The summed E-state index contributed by atoms with van der Waals surface area (Å²) in [5, 5.41) is 6.42. The van der Waals surface area contributed by atoms with Crippen molar-refractivity contribution in [3.05, 3.63) is 66.0 Å². The summed E-state index contributed by atoms with van der Waals surface area (Å²) in [5.41, 5.74) is 1.85. The number of hydrogen-bond donors (Lipinski definition) is 2. The van der Waals surface area contributed by atoms with Crippen LogP contribution in [0.4, 0.5) is 0 Å². The molecule has 1 unspecified atom stereocenters. The summed E-state index contributed by atoms with van der Waals surface area (Å²) in [4.78, 5) is 32.0. The van der Waals surface area contributed by atoms with Gasteiger partial charge in [-0.05, 0) is 48.9 Å². The molecule has 0 saturated carbocycles. The normalized spacial score (nSPS) is 17.9. The van der Waals surface area contributed by atoms with Crippen LogP contribution in [0.15, 0.2) is 54.9 Å². The third-order valence-corrected chi connectivity index (χ3v) is 6.28. The van der Waals surface area contributed by atoms with Crippen LogP contribution in [-0.4, -0.2) is 53.9 Å². The number of amides is 2. The molecule has 2 aliphatic heterocycles. The number of pyridine rings is 1. The lowest BCUT2D eigenvalue weighted by Crippen LogP contribution is -2.53. The van der Waals surface area contributed by atoms with Crippen LogP contribution in [0.5, 0.6) is 0 Å². The van der Waals surface area contributed by atoms with Crippen molar-refractivity contribution >= 4 is 36.6 Å². The van der Waals surface area contributed by atoms with Gasteiger partial charge in [0, 0.05) is 38.4 Å². The lowest BCUT2D eigenvalue weighted by Gasteiger charge is -2.40. The highest BCUT2D eigenvalue weighted by atomic mass is 35.5. The van der Waals surface area contributed by atoms with Gasteiger partial charge in [-0.2, -0.15) is 0 Å². The molecule has 1 aromatic carbocycles. The van der Waals surface area contributed by atoms with Gasteiger partial charge < -0.3 is 15.5 Å². The second kappa shape index (κ2) is 11.5. The van der Waals surface area contributed by atoms with Crippen molar-refractivity contribution in [1.29, 1.82) is 0 Å². The van der Waals surface area contributed by atoms with Crippen molar-refractivity contribution in [2.75, 3.05) is 26.2 Å². The maximum Gasteiger partial charge on any atom is 0.253 e. The molecule has 1 spiro atoms. The van der Waals surface area contributed by atoms with E-state index in [0.717, 1.165) is 44.6 Å². The van der Waals surface area contributed by atoms with E-state index in [-0.39, 0.29) is 36.6 Å². The van der Waals surface area contributed by atoms with Gasteiger partial charge in [-0.3, -0.25) is 14.6 Å². The van der Waals surface area contributed by atoms with E-state index in [1.165, 1.54) is 12.6 Å². The first-order valence-corrected chi connectivity index (χ1v) is 10.4. The van der Waals surface area contributed by atoms with Crippen LogP contribution in [0.25, 0.3) is 0 Å². The van der Waals surface area contributed by atoms with E-state index in [1.807, 2.05) is 35.2 Å². The van der Waals surface area contributed by atoms with Gasteiger partial charge in [0.25, 0.3) is 5.91 Å². The molecule has 0 bridgehead atoms. The fraction of sp³-hybridized carbons (Fsp3) is 0.435. The minimum absolute atomic E-state index is 0. The number of halogens is 2. The van der Waals surface area contributed by atoms with E-state index in [9.17, 15) is 9.59 Å². The SMILES string of the molecule is Cl.Cl.O=C(NC(Cc1ccccc1)C(=O)N1CCC2(CCNC2)CC1)c1cccnc1. The number of hydrogen-bond acceptors (Lipinski definition) is 4. The van der Waals surface area contributed by atoms with Crippen LogP contribution in [0.3, 0.4) is 0 Å². The molecule has 168 valence electrons. The molecular weight excluding hydrogens is 435 g/mol. The van der Waals surface area contributed by atoms with E-state index in [0.29, 0.717) is 17.4 Å². The summed E-state index contributed by atoms with van der Waals surface area (Å²) in [6.07, 6.45) is 6.89. The Bertz CT molecular complexity index is 835. The predicted molar refractivity (Wildman–Crippen MR) is 126 cm³/mol. The second-order valence-electron chi connectivity index (χ2n) is 8.21. The van der Waals surface area contributed by atoms with Crippen molar-refractivity contribution in [3.8, 4) is 0 Å². The molecule has 1 aromatic heterocycles. The van der Waals surface area contributed by atoms with Gasteiger partial charge in [-0.1, -0.05) is 30.3 Å². The molecule has 2 aliphatic rings. The molecule has 4 rings (SSSR count). The molecule has 6 nitrogen and oxygen atoms in total. The largest absolute Gasteiger partial charge is 0.341 e. The molecule has 2 fully saturated rings. The Morgan fingerprint density at radius 2 is 1.81 bits per heavy atom. The first-order valence-electron chi connectivity index (χ1n) is 10.4. The quantitative estimate of drug-likeness (QED) is 0.713. The first kappa shape index (κ1) is 25.1. The van der Waals surface area contributed by atoms with Crippen LogP contribution in [0.2, 0.25) is 0 Å². The summed E-state index contributed by atoms with van der Waals surface area (Å²) >= 11 is 0. The summed E-state index contributed by atoms with van der Waals surface area (Å²) < 4.78 is 0. The van der Waals surface area contributed by atoms with Crippen LogP contribution in [0.1, 0.15) is 35.2 Å². The number of carbonyl (C=O) groups is 2. The van der Waals surface area contributed by atoms with Crippen LogP contribution >= 0.6 is 24.8 Å². The van der Waals surface area contributed by atoms with Gasteiger partial charge in [0.15, 0.2) is 0 Å². The zero-order chi connectivity index (χ0) is 20.1. The average molecular weight is 465 g/mol. The number of benzene rings is 1. The number of aromatic nitrogens is 1. The molecule has 8 heteroatoms. The molecule has 31 heavy (non-hydrogen) atoms. The van der Waals surface area contributed by atoms with E-state index >= 15 is 0 Å². The standard InChI is InChI=1S/C23H28N4O2.2ClH/c28-21(19-7-4-11-24-16-19)26-20(15-18-5-2-1-3-6-18)22(29)27-13-9-23(10-14-27)8-12-25-17-23;;/h1-7,11,16,20,25H,8-10,12-15,17H2,(H,26,28);2*1H. The first-order chi connectivity index (χ1) is 14.2. The number of carbonyl (C=O) groups excluding carboxylic acids is 2. The van der Waals surface area contributed by atoms with Gasteiger partial charge in [0.05, 0.1) is 5.56 Å². The highest BCUT2D eigenvalue weighted by molar-refractivity contribution is 5.97. The highest BCUT2D eigenvalue weighted by Gasteiger charge is 2.39. The topological polar surface area (TPSA) is 74.3 Å². The minimum atomic E-state index is -0.583. The molecule has 1 atom stereocenters. The number of nitrogens with zero attached hydrogens (tertiary/aromatic N) is 2. The Morgan fingerprint density at radius 3 is 2.42 bits per heavy atom. The van der Waals surface area contributed by atoms with Crippen LogP contribution in [0, 0.1) is 5.41 Å². The molecule has 0 aliphatic carbocycles. The van der Waals surface area contributed by atoms with Gasteiger partial charge in [-0.25, -0.2) is 0 Å². The Balaban J connectivity index is 0.00000171. The Morgan fingerprint density at radius 1 is 1.06 bits per heavy atom. The van der Waals surface area contributed by atoms with E-state index in [4.69, 9.17) is 0 Å². The predicted octanol–water partition coefficient (Wildman–Crippen LogP) is 2.87. The van der Waals surface area contributed by atoms with Gasteiger partial charge in [0.2, 0.25) is 5.91 Å². The fourth-order valence-corrected chi connectivity index (χ4v) is 4.43. The Kier molecular flexibility index (Phi) is 9.29. The van der Waals surface area contributed by atoms with Crippen molar-refractivity contribution in [3.63, 3.8) is 0 Å². The summed E-state index contributed by atoms with van der Waals surface area (Å²) in [7, 11) is 0. The second-order valence-corrected chi connectivity index (χ2v) is 8.21. The highest BCUT2D eigenvalue weighted by Crippen LogP contribution is 2.37. The van der Waals surface area contributed by atoms with Crippen molar-refractivity contribution in [2.45, 2.75) is 31.7 Å². The average Bonchev–Trinajstić information content (AvgIpc) is 3.22. The summed E-state index contributed by atoms with van der Waals surface area (Å²) in [6.45, 7) is 3.65. The van der Waals surface area contributed by atoms with E-state index < -0.39 is 6.04 Å². The fourth-order valence-electron chi connectivity index (χ4n) is 4.43. The monoisotopic (exact) mass is 464 g/mol. The molecular formula is C23H30Cl2N4O2. The number of rotatable bonds is 5. The van der Waals surface area contributed by atoms with Gasteiger partial charge in [-0.15, -0.1) is 24.8 Å². The zero-order valence-electron chi connectivity index (χ0n) is 17.5.